The molecule has 1 aliphatic rings. The Bertz CT molecular complexity index is 503. The van der Waals surface area contributed by atoms with Crippen molar-refractivity contribution in [3.63, 3.8) is 0 Å². The van der Waals surface area contributed by atoms with E-state index in [1.165, 1.54) is 18.2 Å². The van der Waals surface area contributed by atoms with Crippen molar-refractivity contribution in [2.45, 2.75) is 26.3 Å². The Morgan fingerprint density at radius 1 is 1.33 bits per heavy atom. The number of hydrogen-bond donors (Lipinski definition) is 1. The second-order valence-corrected chi connectivity index (χ2v) is 4.69. The van der Waals surface area contributed by atoms with E-state index in [4.69, 9.17) is 21.1 Å². The topological polar surface area (TPSA) is 84.9 Å². The van der Waals surface area contributed by atoms with Crippen LogP contribution in [0.5, 0.6) is 0 Å². The number of nitrogens with zero attached hydrogens (tertiary/aromatic N) is 1. The molecule has 2 amide bonds. The molecule has 8 heteroatoms. The van der Waals surface area contributed by atoms with Crippen molar-refractivity contribution in [3.05, 3.63) is 23.3 Å². The van der Waals surface area contributed by atoms with Gasteiger partial charge < -0.3 is 9.47 Å². The highest BCUT2D eigenvalue weighted by atomic mass is 35.5. The molecule has 0 saturated carbocycles. The fourth-order valence-electron chi connectivity index (χ4n) is 1.64. The average molecular weight is 317 g/mol. The number of allylic oxidation sites excluding steroid dienone is 2. The molecule has 0 aromatic rings. The Morgan fingerprint density at radius 3 is 2.48 bits per heavy atom. The molecular weight excluding hydrogens is 300 g/mol. The van der Waals surface area contributed by atoms with Crippen LogP contribution in [0.4, 0.5) is 9.59 Å². The van der Waals surface area contributed by atoms with Crippen LogP contribution < -0.4 is 5.43 Å². The molecule has 0 aliphatic heterocycles. The summed E-state index contributed by atoms with van der Waals surface area (Å²) < 4.78 is 9.63. The Labute approximate surface area is 127 Å². The van der Waals surface area contributed by atoms with Crippen LogP contribution in [-0.2, 0) is 14.3 Å². The van der Waals surface area contributed by atoms with Crippen LogP contribution in [0.3, 0.4) is 0 Å². The number of hydrazine groups is 1. The predicted octanol–water partition coefficient (Wildman–Crippen LogP) is 2.13. The van der Waals surface area contributed by atoms with Crippen molar-refractivity contribution < 1.29 is 23.9 Å². The molecule has 1 aliphatic carbocycles. The lowest BCUT2D eigenvalue weighted by atomic mass is 9.95. The molecule has 0 heterocycles. The Kier molecular flexibility index (Phi) is 5.78. The minimum Gasteiger partial charge on any atom is -0.449 e. The average Bonchev–Trinajstić information content (AvgIpc) is 2.41. The summed E-state index contributed by atoms with van der Waals surface area (Å²) >= 11 is 5.81. The molecule has 21 heavy (non-hydrogen) atoms. The first-order valence-corrected chi connectivity index (χ1v) is 6.74. The number of nitrogens with one attached hydrogen (secondary N) is 1. The van der Waals surface area contributed by atoms with Gasteiger partial charge in [0.2, 0.25) is 0 Å². The van der Waals surface area contributed by atoms with E-state index in [9.17, 15) is 14.4 Å². The van der Waals surface area contributed by atoms with E-state index in [1.54, 1.807) is 20.8 Å². The molecule has 1 rings (SSSR count). The van der Waals surface area contributed by atoms with Gasteiger partial charge in [0.25, 0.3) is 0 Å². The van der Waals surface area contributed by atoms with Gasteiger partial charge in [0, 0.05) is 0 Å². The van der Waals surface area contributed by atoms with Gasteiger partial charge >= 0.3 is 12.2 Å². The van der Waals surface area contributed by atoms with Crippen LogP contribution in [-0.4, -0.2) is 41.7 Å². The molecule has 1 unspecified atom stereocenters. The van der Waals surface area contributed by atoms with E-state index in [2.05, 4.69) is 5.43 Å². The summed E-state index contributed by atoms with van der Waals surface area (Å²) in [6.07, 6.45) is 2.39. The van der Waals surface area contributed by atoms with Crippen molar-refractivity contribution in [1.29, 1.82) is 0 Å². The fourth-order valence-corrected chi connectivity index (χ4v) is 1.93. The summed E-state index contributed by atoms with van der Waals surface area (Å²) in [5.74, 6) is -0.380. The number of carbonyl (C=O) groups excluding carboxylic acids is 3. The van der Waals surface area contributed by atoms with Gasteiger partial charge in [0.1, 0.15) is 5.54 Å². The smallest absolute Gasteiger partial charge is 0.429 e. The number of hydrogen-bond acceptors (Lipinski definition) is 5. The summed E-state index contributed by atoms with van der Waals surface area (Å²) in [4.78, 5) is 35.0. The third kappa shape index (κ3) is 4.22. The van der Waals surface area contributed by atoms with Crippen LogP contribution in [0, 0.1) is 0 Å². The number of rotatable bonds is 3. The summed E-state index contributed by atoms with van der Waals surface area (Å²) in [6, 6.07) is 0. The van der Waals surface area contributed by atoms with Gasteiger partial charge in [0.15, 0.2) is 5.78 Å². The van der Waals surface area contributed by atoms with Crippen LogP contribution in [0.25, 0.3) is 0 Å². The number of halogens is 1. The van der Waals surface area contributed by atoms with E-state index in [0.717, 1.165) is 5.01 Å². The molecule has 0 fully saturated rings. The second-order valence-electron chi connectivity index (χ2n) is 4.28. The van der Waals surface area contributed by atoms with E-state index < -0.39 is 17.7 Å². The van der Waals surface area contributed by atoms with E-state index in [0.29, 0.717) is 0 Å². The zero-order chi connectivity index (χ0) is 16.0. The van der Waals surface area contributed by atoms with Crippen molar-refractivity contribution in [1.82, 2.24) is 10.4 Å². The van der Waals surface area contributed by atoms with E-state index in [1.807, 2.05) is 0 Å². The minimum atomic E-state index is -1.15. The highest BCUT2D eigenvalue weighted by molar-refractivity contribution is 6.44. The molecule has 116 valence electrons. The van der Waals surface area contributed by atoms with Gasteiger partial charge in [-0.3, -0.25) is 4.79 Å². The largest absolute Gasteiger partial charge is 0.449 e. The van der Waals surface area contributed by atoms with Crippen LogP contribution in [0.15, 0.2) is 23.3 Å². The van der Waals surface area contributed by atoms with Gasteiger partial charge in [0.05, 0.1) is 18.2 Å². The van der Waals surface area contributed by atoms with Crippen molar-refractivity contribution in [3.8, 4) is 0 Å². The van der Waals surface area contributed by atoms with Gasteiger partial charge in [-0.25, -0.2) is 20.0 Å². The summed E-state index contributed by atoms with van der Waals surface area (Å²) in [7, 11) is 0. The van der Waals surface area contributed by atoms with Crippen molar-refractivity contribution >= 4 is 29.6 Å². The van der Waals surface area contributed by atoms with E-state index in [-0.39, 0.29) is 24.0 Å². The summed E-state index contributed by atoms with van der Waals surface area (Å²) in [5, 5.41) is 0.861. The van der Waals surface area contributed by atoms with E-state index >= 15 is 0 Å². The number of carbonyl (C=O) groups is 3. The van der Waals surface area contributed by atoms with Crippen LogP contribution >= 0.6 is 11.6 Å². The molecule has 0 spiro atoms. The second kappa shape index (κ2) is 7.12. The lowest BCUT2D eigenvalue weighted by Crippen LogP contribution is -2.57. The maximum atomic E-state index is 12.0. The minimum absolute atomic E-state index is 0.0556. The SMILES string of the molecule is CCOC(=O)NN(C(=O)OCC)C1(C)C=CC(=O)C(Cl)=C1. The Balaban J connectivity index is 3.05. The molecule has 0 aromatic carbocycles. The monoisotopic (exact) mass is 316 g/mol. The third-order valence-corrected chi connectivity index (χ3v) is 2.93. The predicted molar refractivity (Wildman–Crippen MR) is 75.5 cm³/mol. The zero-order valence-electron chi connectivity index (χ0n) is 12.0. The van der Waals surface area contributed by atoms with Gasteiger partial charge in [-0.1, -0.05) is 11.6 Å². The first-order chi connectivity index (χ1) is 9.84. The number of ether oxygens (including phenoxy) is 2. The van der Waals surface area contributed by atoms with Gasteiger partial charge in [-0.05, 0) is 39.0 Å². The fraction of sp³-hybridized carbons (Fsp3) is 0.462. The van der Waals surface area contributed by atoms with Gasteiger partial charge in [-0.15, -0.1) is 0 Å². The molecule has 0 aromatic heterocycles. The maximum Gasteiger partial charge on any atom is 0.429 e. The lowest BCUT2D eigenvalue weighted by Gasteiger charge is -2.36. The normalized spacial score (nSPS) is 20.6. The molecular formula is C13H17ClN2O5. The zero-order valence-corrected chi connectivity index (χ0v) is 12.8. The third-order valence-electron chi connectivity index (χ3n) is 2.64. The highest BCUT2D eigenvalue weighted by Gasteiger charge is 2.37. The standard InChI is InChI=1S/C13H17ClN2O5/c1-4-20-11(18)15-16(12(19)21-5-2)13(3)7-6-10(17)9(14)8-13/h6-8H,4-5H2,1-3H3,(H,15,18). The maximum absolute atomic E-state index is 12.0. The van der Waals surface area contributed by atoms with Crippen molar-refractivity contribution in [2.75, 3.05) is 13.2 Å². The lowest BCUT2D eigenvalue weighted by molar-refractivity contribution is -0.111. The molecule has 0 saturated heterocycles. The molecule has 1 atom stereocenters. The quantitative estimate of drug-likeness (QED) is 0.806. The summed E-state index contributed by atoms with van der Waals surface area (Å²) in [5.41, 5.74) is 1.13. The van der Waals surface area contributed by atoms with Crippen LogP contribution in [0.2, 0.25) is 0 Å². The van der Waals surface area contributed by atoms with Gasteiger partial charge in [-0.2, -0.15) is 0 Å². The molecule has 7 nitrogen and oxygen atoms in total. The molecule has 0 radical (unpaired) electrons. The molecule has 1 N–H and O–H groups in total. The summed E-state index contributed by atoms with van der Waals surface area (Å²) in [6.45, 7) is 5.11. The molecule has 0 bridgehead atoms. The first kappa shape index (κ1) is 17.0. The first-order valence-electron chi connectivity index (χ1n) is 6.36. The highest BCUT2D eigenvalue weighted by Crippen LogP contribution is 2.26. The Morgan fingerprint density at radius 2 is 1.95 bits per heavy atom. The van der Waals surface area contributed by atoms with Crippen molar-refractivity contribution in [2.24, 2.45) is 0 Å². The van der Waals surface area contributed by atoms with Crippen LogP contribution in [0.1, 0.15) is 20.8 Å². The number of ketones is 1. The number of amides is 2. The Hall–Kier alpha value is -2.02.